The van der Waals surface area contributed by atoms with Crippen molar-refractivity contribution in [2.24, 2.45) is 0 Å². The van der Waals surface area contributed by atoms with Gasteiger partial charge in [0.25, 0.3) is 0 Å². The first-order valence-electron chi connectivity index (χ1n) is 5.49. The summed E-state index contributed by atoms with van der Waals surface area (Å²) in [7, 11) is 1.63. The lowest BCUT2D eigenvalue weighted by molar-refractivity contribution is 0.408. The van der Waals surface area contributed by atoms with Crippen LogP contribution >= 0.6 is 0 Å². The molecule has 0 bridgehead atoms. The second-order valence-electron chi connectivity index (χ2n) is 3.49. The van der Waals surface area contributed by atoms with Crippen molar-refractivity contribution >= 4 is 0 Å². The van der Waals surface area contributed by atoms with Crippen molar-refractivity contribution < 1.29 is 4.74 Å². The summed E-state index contributed by atoms with van der Waals surface area (Å²) >= 11 is 0. The highest BCUT2D eigenvalue weighted by Gasteiger charge is 2.03. The van der Waals surface area contributed by atoms with Crippen LogP contribution in [0.2, 0.25) is 0 Å². The molecule has 17 heavy (non-hydrogen) atoms. The lowest BCUT2D eigenvalue weighted by atomic mass is 10.1. The van der Waals surface area contributed by atoms with Crippen molar-refractivity contribution in [2.45, 2.75) is 19.9 Å². The minimum absolute atomic E-state index is 0.649. The van der Waals surface area contributed by atoms with E-state index < -0.39 is 0 Å². The summed E-state index contributed by atoms with van der Waals surface area (Å²) in [6, 6.07) is 7.54. The SMILES string of the molecule is CC#CCCNCc1cc(C#N)ccc1OC. The third-order valence-electron chi connectivity index (χ3n) is 2.33. The summed E-state index contributed by atoms with van der Waals surface area (Å²) in [6.07, 6.45) is 0.830. The Hall–Kier alpha value is -1.97. The minimum atomic E-state index is 0.649. The number of hydrogen-bond donors (Lipinski definition) is 1. The first kappa shape index (κ1) is 13.1. The highest BCUT2D eigenvalue weighted by Crippen LogP contribution is 2.19. The Morgan fingerprint density at radius 1 is 1.41 bits per heavy atom. The van der Waals surface area contributed by atoms with Crippen LogP contribution in [-0.4, -0.2) is 13.7 Å². The van der Waals surface area contributed by atoms with Crippen molar-refractivity contribution in [1.29, 1.82) is 5.26 Å². The van der Waals surface area contributed by atoms with Gasteiger partial charge in [0, 0.05) is 25.1 Å². The van der Waals surface area contributed by atoms with E-state index in [2.05, 4.69) is 23.2 Å². The topological polar surface area (TPSA) is 45.0 Å². The van der Waals surface area contributed by atoms with Gasteiger partial charge in [-0.25, -0.2) is 0 Å². The lowest BCUT2D eigenvalue weighted by Crippen LogP contribution is -2.15. The zero-order valence-electron chi connectivity index (χ0n) is 10.2. The largest absolute Gasteiger partial charge is 0.496 e. The van der Waals surface area contributed by atoms with E-state index >= 15 is 0 Å². The van der Waals surface area contributed by atoms with Crippen LogP contribution in [0.3, 0.4) is 0 Å². The smallest absolute Gasteiger partial charge is 0.123 e. The van der Waals surface area contributed by atoms with E-state index in [-0.39, 0.29) is 0 Å². The molecule has 1 aromatic carbocycles. The molecule has 0 amide bonds. The van der Waals surface area contributed by atoms with Crippen LogP contribution in [0, 0.1) is 23.2 Å². The molecular formula is C14H16N2O. The molecule has 0 saturated heterocycles. The molecule has 0 unspecified atom stereocenters. The molecule has 0 radical (unpaired) electrons. The monoisotopic (exact) mass is 228 g/mol. The van der Waals surface area contributed by atoms with Crippen molar-refractivity contribution in [3.8, 4) is 23.7 Å². The molecular weight excluding hydrogens is 212 g/mol. The Morgan fingerprint density at radius 3 is 2.88 bits per heavy atom. The molecule has 0 aliphatic carbocycles. The van der Waals surface area contributed by atoms with Gasteiger partial charge in [0.1, 0.15) is 5.75 Å². The fourth-order valence-corrected chi connectivity index (χ4v) is 1.49. The first-order valence-corrected chi connectivity index (χ1v) is 5.49. The number of methoxy groups -OCH3 is 1. The lowest BCUT2D eigenvalue weighted by Gasteiger charge is -2.09. The summed E-state index contributed by atoms with van der Waals surface area (Å²) in [4.78, 5) is 0. The predicted octanol–water partition coefficient (Wildman–Crippen LogP) is 2.07. The number of ether oxygens (including phenoxy) is 1. The van der Waals surface area contributed by atoms with Crippen molar-refractivity contribution in [2.75, 3.05) is 13.7 Å². The summed E-state index contributed by atoms with van der Waals surface area (Å²) in [5.41, 5.74) is 1.65. The molecule has 1 rings (SSSR count). The van der Waals surface area contributed by atoms with E-state index in [1.165, 1.54) is 0 Å². The van der Waals surface area contributed by atoms with Gasteiger partial charge >= 0.3 is 0 Å². The zero-order valence-corrected chi connectivity index (χ0v) is 10.2. The number of nitrogens with zero attached hydrogens (tertiary/aromatic N) is 1. The molecule has 0 aliphatic rings. The highest BCUT2D eigenvalue weighted by atomic mass is 16.5. The van der Waals surface area contributed by atoms with Crippen molar-refractivity contribution in [3.05, 3.63) is 29.3 Å². The fraction of sp³-hybridized carbons (Fsp3) is 0.357. The maximum absolute atomic E-state index is 8.84. The van der Waals surface area contributed by atoms with E-state index in [4.69, 9.17) is 10.00 Å². The summed E-state index contributed by atoms with van der Waals surface area (Å²) in [5, 5.41) is 12.1. The number of rotatable bonds is 5. The van der Waals surface area contributed by atoms with Crippen LogP contribution in [0.25, 0.3) is 0 Å². The normalized spacial score (nSPS) is 9.00. The van der Waals surface area contributed by atoms with Crippen LogP contribution in [0.15, 0.2) is 18.2 Å². The first-order chi connectivity index (χ1) is 8.31. The average molecular weight is 228 g/mol. The van der Waals surface area contributed by atoms with E-state index in [1.807, 2.05) is 19.1 Å². The Balaban J connectivity index is 2.61. The van der Waals surface area contributed by atoms with E-state index in [9.17, 15) is 0 Å². The molecule has 0 aromatic heterocycles. The quantitative estimate of drug-likeness (QED) is 0.620. The number of benzene rings is 1. The van der Waals surface area contributed by atoms with E-state index in [0.717, 1.165) is 24.3 Å². The van der Waals surface area contributed by atoms with Crippen LogP contribution in [0.1, 0.15) is 24.5 Å². The highest BCUT2D eigenvalue weighted by molar-refractivity contribution is 5.41. The van der Waals surface area contributed by atoms with Gasteiger partial charge in [-0.1, -0.05) is 0 Å². The summed E-state index contributed by atoms with van der Waals surface area (Å²) in [5.74, 6) is 6.64. The molecule has 3 heteroatoms. The van der Waals surface area contributed by atoms with Gasteiger partial charge < -0.3 is 10.1 Å². The van der Waals surface area contributed by atoms with E-state index in [0.29, 0.717) is 12.1 Å². The molecule has 0 saturated carbocycles. The predicted molar refractivity (Wildman–Crippen MR) is 67.5 cm³/mol. The van der Waals surface area contributed by atoms with Gasteiger partial charge in [0.2, 0.25) is 0 Å². The Morgan fingerprint density at radius 2 is 2.24 bits per heavy atom. The summed E-state index contributed by atoms with van der Waals surface area (Å²) in [6.45, 7) is 3.35. The van der Waals surface area contributed by atoms with Gasteiger partial charge in [-0.15, -0.1) is 11.8 Å². The van der Waals surface area contributed by atoms with Crippen LogP contribution in [-0.2, 0) is 6.54 Å². The molecule has 0 atom stereocenters. The van der Waals surface area contributed by atoms with E-state index in [1.54, 1.807) is 13.2 Å². The average Bonchev–Trinajstić information content (AvgIpc) is 2.38. The Bertz CT molecular complexity index is 463. The van der Waals surface area contributed by atoms with Gasteiger partial charge in [0.05, 0.1) is 18.7 Å². The zero-order chi connectivity index (χ0) is 12.5. The van der Waals surface area contributed by atoms with Gasteiger partial charge in [-0.3, -0.25) is 0 Å². The second-order valence-corrected chi connectivity index (χ2v) is 3.49. The van der Waals surface area contributed by atoms with Gasteiger partial charge in [0.15, 0.2) is 0 Å². The molecule has 1 aromatic rings. The number of nitriles is 1. The van der Waals surface area contributed by atoms with Gasteiger partial charge in [-0.05, 0) is 25.1 Å². The maximum atomic E-state index is 8.84. The Labute approximate surface area is 102 Å². The fourth-order valence-electron chi connectivity index (χ4n) is 1.49. The van der Waals surface area contributed by atoms with Crippen molar-refractivity contribution in [1.82, 2.24) is 5.32 Å². The number of hydrogen-bond acceptors (Lipinski definition) is 3. The third-order valence-corrected chi connectivity index (χ3v) is 2.33. The van der Waals surface area contributed by atoms with Crippen molar-refractivity contribution in [3.63, 3.8) is 0 Å². The number of nitrogens with one attached hydrogen (secondary N) is 1. The standard InChI is InChI=1S/C14H16N2O/c1-3-4-5-8-16-11-13-9-12(10-15)6-7-14(13)17-2/h6-7,9,16H,5,8,11H2,1-2H3. The second kappa shape index (κ2) is 7.33. The Kier molecular flexibility index (Phi) is 5.64. The molecule has 0 aliphatic heterocycles. The van der Waals surface area contributed by atoms with Gasteiger partial charge in [-0.2, -0.15) is 5.26 Å². The molecule has 3 nitrogen and oxygen atoms in total. The third kappa shape index (κ3) is 4.18. The maximum Gasteiger partial charge on any atom is 0.123 e. The molecule has 0 fully saturated rings. The molecule has 0 heterocycles. The minimum Gasteiger partial charge on any atom is -0.496 e. The molecule has 1 N–H and O–H groups in total. The summed E-state index contributed by atoms with van der Waals surface area (Å²) < 4.78 is 5.25. The van der Waals surface area contributed by atoms with Crippen LogP contribution < -0.4 is 10.1 Å². The molecule has 88 valence electrons. The molecule has 0 spiro atoms. The van der Waals surface area contributed by atoms with Crippen LogP contribution in [0.4, 0.5) is 0 Å². The van der Waals surface area contributed by atoms with Crippen LogP contribution in [0.5, 0.6) is 5.75 Å².